The monoisotopic (exact) mass is 171 g/mol. The first-order valence-corrected chi connectivity index (χ1v) is 3.88. The quantitative estimate of drug-likeness (QED) is 0.338. The maximum absolute atomic E-state index is 8.70. The van der Waals surface area contributed by atoms with Gasteiger partial charge >= 0.3 is 8.25 Å². The third-order valence-electron chi connectivity index (χ3n) is 0.547. The van der Waals surface area contributed by atoms with Gasteiger partial charge in [-0.3, -0.25) is 0 Å². The second-order valence-electron chi connectivity index (χ2n) is 1.52. The van der Waals surface area contributed by atoms with Crippen LogP contribution in [0.5, 0.6) is 0 Å². The molecule has 0 saturated heterocycles. The van der Waals surface area contributed by atoms with Crippen LogP contribution in [-0.4, -0.2) is 26.3 Å². The Morgan fingerprint density at radius 2 is 1.70 bits per heavy atom. The molecule has 0 heterocycles. The van der Waals surface area contributed by atoms with E-state index in [4.69, 9.17) is 24.6 Å². The van der Waals surface area contributed by atoms with Gasteiger partial charge in [0.25, 0.3) is 0 Å². The van der Waals surface area contributed by atoms with Gasteiger partial charge < -0.3 is 10.2 Å². The summed E-state index contributed by atoms with van der Waals surface area (Å²) in [4.78, 5) is 14.2. The van der Waals surface area contributed by atoms with E-state index in [-0.39, 0.29) is 0 Å². The Labute approximate surface area is 59.9 Å². The first kappa shape index (κ1) is 12.6. The lowest BCUT2D eigenvalue weighted by Crippen LogP contribution is -2.01. The van der Waals surface area contributed by atoms with Crippen molar-refractivity contribution in [1.29, 1.82) is 0 Å². The number of rotatable bonds is 2. The van der Waals surface area contributed by atoms with Crippen molar-refractivity contribution in [2.45, 2.75) is 26.1 Å². The fourth-order valence-electron chi connectivity index (χ4n) is 0.258. The van der Waals surface area contributed by atoms with Crippen molar-refractivity contribution in [2.24, 2.45) is 0 Å². The minimum Gasteiger partial charge on any atom is -0.368 e. The van der Waals surface area contributed by atoms with Crippen molar-refractivity contribution in [3.63, 3.8) is 0 Å². The molecule has 6 heteroatoms. The Hall–Kier alpha value is -0.0600. The van der Waals surface area contributed by atoms with Crippen LogP contribution in [-0.2, 0) is 4.57 Å². The maximum atomic E-state index is 8.70. The van der Waals surface area contributed by atoms with Crippen LogP contribution < -0.4 is 0 Å². The normalized spacial score (nSPS) is 8.60. The Balaban J connectivity index is 0. The van der Waals surface area contributed by atoms with Crippen LogP contribution in [0.15, 0.2) is 0 Å². The van der Waals surface area contributed by atoms with Crippen LogP contribution in [0.1, 0.15) is 19.8 Å². The molecular weight excluding hydrogens is 159 g/mol. The third kappa shape index (κ3) is 44.2. The average molecular weight is 171 g/mol. The summed E-state index contributed by atoms with van der Waals surface area (Å²) in [6, 6.07) is 0. The summed E-state index contributed by atoms with van der Waals surface area (Å²) in [5.74, 6) is 0. The van der Waals surface area contributed by atoms with Crippen molar-refractivity contribution in [3.8, 4) is 0 Å². The maximum Gasteiger partial charge on any atom is 0.692 e. The first-order chi connectivity index (χ1) is 4.50. The fraction of sp³-hybridized carbons (Fsp3) is 1.00. The van der Waals surface area contributed by atoms with Crippen LogP contribution in [0.4, 0.5) is 0 Å². The lowest BCUT2D eigenvalue weighted by Gasteiger charge is -1.94. The summed E-state index contributed by atoms with van der Waals surface area (Å²) < 4.78 is 8.70. The molecule has 0 aromatic rings. The number of hydrogen-bond acceptors (Lipinski definition) is 3. The Bertz CT molecular complexity index is 79.7. The van der Waals surface area contributed by atoms with Crippen molar-refractivity contribution in [1.82, 2.24) is 0 Å². The summed E-state index contributed by atoms with van der Waals surface area (Å²) in [5.41, 5.74) is 0. The zero-order chi connectivity index (χ0) is 8.57. The van der Waals surface area contributed by atoms with E-state index in [1.54, 1.807) is 0 Å². The molecule has 10 heavy (non-hydrogen) atoms. The van der Waals surface area contributed by atoms with Crippen LogP contribution in [0.2, 0.25) is 0 Å². The lowest BCUT2D eigenvalue weighted by atomic mass is 10.3. The van der Waals surface area contributed by atoms with E-state index in [0.29, 0.717) is 6.42 Å². The smallest absolute Gasteiger partial charge is 0.368 e. The molecule has 0 amide bonds. The number of hydrogen-bond donors (Lipinski definition) is 4. The molecule has 4 N–H and O–H groups in total. The minimum absolute atomic E-state index is 0.486. The number of aliphatic hydroxyl groups excluding tert-OH is 1. The van der Waals surface area contributed by atoms with E-state index in [0.717, 1.165) is 6.42 Å². The van der Waals surface area contributed by atoms with Crippen LogP contribution in [0.25, 0.3) is 0 Å². The van der Waals surface area contributed by atoms with E-state index in [1.165, 1.54) is 0 Å². The molecule has 0 bridgehead atoms. The molecule has 0 saturated carbocycles. The van der Waals surface area contributed by atoms with Gasteiger partial charge in [-0.2, -0.15) is 0 Å². The molecule has 5 nitrogen and oxygen atoms in total. The van der Waals surface area contributed by atoms with Gasteiger partial charge in [-0.1, -0.05) is 13.3 Å². The van der Waals surface area contributed by atoms with Gasteiger partial charge in [-0.15, -0.1) is 9.79 Å². The topological polar surface area (TPSA) is 98.0 Å². The SMILES string of the molecule is CCCC(O)O.O=[P+](O)O. The second kappa shape index (κ2) is 8.94. The van der Waals surface area contributed by atoms with Crippen LogP contribution >= 0.6 is 8.25 Å². The van der Waals surface area contributed by atoms with E-state index in [1.807, 2.05) is 6.92 Å². The van der Waals surface area contributed by atoms with Gasteiger partial charge in [0.1, 0.15) is 0 Å². The van der Waals surface area contributed by atoms with Gasteiger partial charge in [-0.25, -0.2) is 0 Å². The highest BCUT2D eigenvalue weighted by atomic mass is 31.1. The molecule has 0 radical (unpaired) electrons. The van der Waals surface area contributed by atoms with Crippen LogP contribution in [0, 0.1) is 0 Å². The molecule has 0 spiro atoms. The van der Waals surface area contributed by atoms with Crippen molar-refractivity contribution in [3.05, 3.63) is 0 Å². The Morgan fingerprint density at radius 3 is 1.70 bits per heavy atom. The predicted octanol–water partition coefficient (Wildman–Crippen LogP) is -0.274. The molecule has 0 aliphatic heterocycles. The fourth-order valence-corrected chi connectivity index (χ4v) is 0.258. The number of aliphatic hydroxyl groups is 2. The largest absolute Gasteiger partial charge is 0.692 e. The van der Waals surface area contributed by atoms with Gasteiger partial charge in [0.2, 0.25) is 0 Å². The van der Waals surface area contributed by atoms with E-state index in [2.05, 4.69) is 0 Å². The van der Waals surface area contributed by atoms with Crippen molar-refractivity contribution in [2.75, 3.05) is 0 Å². The molecule has 0 aliphatic rings. The van der Waals surface area contributed by atoms with Gasteiger partial charge in [0.15, 0.2) is 6.29 Å². The van der Waals surface area contributed by atoms with Crippen molar-refractivity contribution >= 4 is 8.25 Å². The van der Waals surface area contributed by atoms with Gasteiger partial charge in [0.05, 0.1) is 0 Å². The zero-order valence-electron chi connectivity index (χ0n) is 5.64. The van der Waals surface area contributed by atoms with E-state index >= 15 is 0 Å². The molecule has 0 aromatic carbocycles. The molecule has 0 rings (SSSR count). The van der Waals surface area contributed by atoms with Gasteiger partial charge in [0, 0.05) is 4.57 Å². The van der Waals surface area contributed by atoms with Crippen molar-refractivity contribution < 1.29 is 24.6 Å². The predicted molar refractivity (Wildman–Crippen MR) is 35.2 cm³/mol. The first-order valence-electron chi connectivity index (χ1n) is 2.71. The zero-order valence-corrected chi connectivity index (χ0v) is 6.53. The molecule has 0 aliphatic carbocycles. The minimum atomic E-state index is -2.87. The molecular formula is C4H12O5P+. The van der Waals surface area contributed by atoms with Crippen LogP contribution in [0.3, 0.4) is 0 Å². The third-order valence-corrected chi connectivity index (χ3v) is 0.547. The van der Waals surface area contributed by atoms with E-state index < -0.39 is 14.5 Å². The molecule has 0 fully saturated rings. The molecule has 62 valence electrons. The summed E-state index contributed by atoms with van der Waals surface area (Å²) >= 11 is 0. The summed E-state index contributed by atoms with van der Waals surface area (Å²) in [6.45, 7) is 1.90. The standard InChI is InChI=1S/C4H10O2.HO3P/c1-2-3-4(5)6;1-4(2)3/h4-6H,2-3H2,1H3;(H-,1,2,3)/p+1. The Morgan fingerprint density at radius 1 is 1.40 bits per heavy atom. The summed E-state index contributed by atoms with van der Waals surface area (Å²) in [6.07, 6.45) is 0.215. The van der Waals surface area contributed by atoms with E-state index in [9.17, 15) is 0 Å². The molecule has 0 unspecified atom stereocenters. The summed E-state index contributed by atoms with van der Waals surface area (Å²) in [5, 5.41) is 16.2. The highest BCUT2D eigenvalue weighted by Gasteiger charge is 1.93. The lowest BCUT2D eigenvalue weighted by molar-refractivity contribution is -0.0453. The summed E-state index contributed by atoms with van der Waals surface area (Å²) in [7, 11) is -2.87. The second-order valence-corrected chi connectivity index (χ2v) is 2.03. The highest BCUT2D eigenvalue weighted by molar-refractivity contribution is 7.30. The average Bonchev–Trinajstić information content (AvgIpc) is 1.62. The molecule has 0 aromatic heterocycles. The molecule has 0 atom stereocenters. The Kier molecular flexibility index (Phi) is 11.3. The highest BCUT2D eigenvalue weighted by Crippen LogP contribution is 1.98. The van der Waals surface area contributed by atoms with Gasteiger partial charge in [-0.05, 0) is 6.42 Å².